The molecule has 0 aliphatic carbocycles. The van der Waals surface area contributed by atoms with Gasteiger partial charge in [-0.2, -0.15) is 0 Å². The van der Waals surface area contributed by atoms with Gasteiger partial charge in [0.05, 0.1) is 35.5 Å². The molecule has 1 aromatic heterocycles. The molecule has 0 unspecified atom stereocenters. The third-order valence-electron chi connectivity index (χ3n) is 4.85. The van der Waals surface area contributed by atoms with E-state index in [4.69, 9.17) is 23.7 Å². The molecular formula is C25H26N2O6. The number of carbonyl (C=O) groups excluding carboxylic acids is 1. The SMILES string of the molecule is COc1ccc(Nc2ncccc2/C=C/C(=O)c2cc(OC)c(OC)c(OC)c2)cc1OC. The Morgan fingerprint density at radius 3 is 2.09 bits per heavy atom. The number of nitrogens with zero attached hydrogens (tertiary/aromatic N) is 1. The van der Waals surface area contributed by atoms with Crippen molar-refractivity contribution < 1.29 is 28.5 Å². The van der Waals surface area contributed by atoms with Gasteiger partial charge in [0.25, 0.3) is 0 Å². The van der Waals surface area contributed by atoms with E-state index in [9.17, 15) is 4.79 Å². The Balaban J connectivity index is 1.87. The highest BCUT2D eigenvalue weighted by molar-refractivity contribution is 6.07. The van der Waals surface area contributed by atoms with Gasteiger partial charge in [0.1, 0.15) is 5.82 Å². The van der Waals surface area contributed by atoms with Crippen molar-refractivity contribution in [3.63, 3.8) is 0 Å². The molecule has 33 heavy (non-hydrogen) atoms. The lowest BCUT2D eigenvalue weighted by Crippen LogP contribution is -2.01. The fourth-order valence-electron chi connectivity index (χ4n) is 3.19. The number of nitrogens with one attached hydrogen (secondary N) is 1. The second kappa shape index (κ2) is 10.9. The Bertz CT molecular complexity index is 1130. The summed E-state index contributed by atoms with van der Waals surface area (Å²) < 4.78 is 26.6. The monoisotopic (exact) mass is 450 g/mol. The Morgan fingerprint density at radius 2 is 1.48 bits per heavy atom. The first-order valence-electron chi connectivity index (χ1n) is 10.0. The lowest BCUT2D eigenvalue weighted by atomic mass is 10.1. The molecule has 1 heterocycles. The van der Waals surface area contributed by atoms with Gasteiger partial charge in [-0.05, 0) is 48.6 Å². The first-order chi connectivity index (χ1) is 16.0. The maximum absolute atomic E-state index is 12.9. The minimum Gasteiger partial charge on any atom is -0.493 e. The Hall–Kier alpha value is -4.20. The molecule has 0 radical (unpaired) electrons. The molecule has 8 heteroatoms. The van der Waals surface area contributed by atoms with Crippen LogP contribution in [0.15, 0.2) is 54.7 Å². The van der Waals surface area contributed by atoms with E-state index in [2.05, 4.69) is 10.3 Å². The highest BCUT2D eigenvalue weighted by Crippen LogP contribution is 2.38. The van der Waals surface area contributed by atoms with E-state index in [0.717, 1.165) is 11.3 Å². The van der Waals surface area contributed by atoms with Crippen LogP contribution in [0.3, 0.4) is 0 Å². The largest absolute Gasteiger partial charge is 0.493 e. The summed E-state index contributed by atoms with van der Waals surface area (Å²) in [5.41, 5.74) is 1.89. The second-order valence-corrected chi connectivity index (χ2v) is 6.75. The molecule has 0 saturated carbocycles. The van der Waals surface area contributed by atoms with Gasteiger partial charge in [0.15, 0.2) is 28.8 Å². The molecule has 172 valence electrons. The third kappa shape index (κ3) is 5.35. The summed E-state index contributed by atoms with van der Waals surface area (Å²) in [6, 6.07) is 12.3. The molecule has 1 N–H and O–H groups in total. The smallest absolute Gasteiger partial charge is 0.203 e. The van der Waals surface area contributed by atoms with Crippen LogP contribution in [0.2, 0.25) is 0 Å². The van der Waals surface area contributed by atoms with Crippen LogP contribution in [-0.4, -0.2) is 46.3 Å². The topological polar surface area (TPSA) is 88.1 Å². The molecule has 2 aromatic carbocycles. The molecule has 0 atom stereocenters. The molecule has 8 nitrogen and oxygen atoms in total. The normalized spacial score (nSPS) is 10.6. The van der Waals surface area contributed by atoms with Crippen molar-refractivity contribution in [3.8, 4) is 28.7 Å². The van der Waals surface area contributed by atoms with Crippen molar-refractivity contribution in [3.05, 3.63) is 65.9 Å². The maximum Gasteiger partial charge on any atom is 0.203 e. The Morgan fingerprint density at radius 1 is 0.818 bits per heavy atom. The van der Waals surface area contributed by atoms with Crippen LogP contribution in [0.5, 0.6) is 28.7 Å². The van der Waals surface area contributed by atoms with Crippen molar-refractivity contribution in [2.75, 3.05) is 40.9 Å². The predicted octanol–water partition coefficient (Wildman–Crippen LogP) is 4.76. The molecule has 3 aromatic rings. The Labute approximate surface area is 192 Å². The fourth-order valence-corrected chi connectivity index (χ4v) is 3.19. The number of pyridine rings is 1. The van der Waals surface area contributed by atoms with Crippen molar-refractivity contribution in [2.45, 2.75) is 0 Å². The molecule has 0 fully saturated rings. The van der Waals surface area contributed by atoms with Crippen LogP contribution in [-0.2, 0) is 0 Å². The summed E-state index contributed by atoms with van der Waals surface area (Å²) in [7, 11) is 7.67. The maximum atomic E-state index is 12.9. The van der Waals surface area contributed by atoms with Crippen LogP contribution in [0, 0.1) is 0 Å². The van der Waals surface area contributed by atoms with Gasteiger partial charge in [-0.1, -0.05) is 0 Å². The molecule has 3 rings (SSSR count). The van der Waals surface area contributed by atoms with Crippen molar-refractivity contribution in [1.29, 1.82) is 0 Å². The van der Waals surface area contributed by atoms with Gasteiger partial charge in [0.2, 0.25) is 5.75 Å². The number of anilines is 2. The summed E-state index contributed by atoms with van der Waals surface area (Å²) in [4.78, 5) is 17.3. The number of aromatic nitrogens is 1. The number of methoxy groups -OCH3 is 5. The van der Waals surface area contributed by atoms with Crippen LogP contribution >= 0.6 is 0 Å². The predicted molar refractivity (Wildman–Crippen MR) is 127 cm³/mol. The average molecular weight is 450 g/mol. The van der Waals surface area contributed by atoms with Crippen molar-refractivity contribution in [2.24, 2.45) is 0 Å². The zero-order chi connectivity index (χ0) is 23.8. The van der Waals surface area contributed by atoms with Gasteiger partial charge >= 0.3 is 0 Å². The highest BCUT2D eigenvalue weighted by Gasteiger charge is 2.16. The third-order valence-corrected chi connectivity index (χ3v) is 4.85. The first-order valence-corrected chi connectivity index (χ1v) is 10.0. The summed E-state index contributed by atoms with van der Waals surface area (Å²) >= 11 is 0. The number of ketones is 1. The minimum atomic E-state index is -0.227. The summed E-state index contributed by atoms with van der Waals surface area (Å²) in [6.45, 7) is 0. The number of benzene rings is 2. The molecule has 0 bridgehead atoms. The van der Waals surface area contributed by atoms with E-state index in [-0.39, 0.29) is 5.78 Å². The fraction of sp³-hybridized carbons (Fsp3) is 0.200. The molecule has 0 spiro atoms. The van der Waals surface area contributed by atoms with E-state index >= 15 is 0 Å². The molecule has 0 amide bonds. The minimum absolute atomic E-state index is 0.227. The van der Waals surface area contributed by atoms with Crippen molar-refractivity contribution >= 4 is 23.4 Å². The number of hydrogen-bond donors (Lipinski definition) is 1. The summed E-state index contributed by atoms with van der Waals surface area (Å²) in [5, 5.41) is 3.25. The molecule has 0 aliphatic rings. The van der Waals surface area contributed by atoms with Gasteiger partial charge < -0.3 is 29.0 Å². The van der Waals surface area contributed by atoms with E-state index in [1.807, 2.05) is 18.2 Å². The molecule has 0 saturated heterocycles. The van der Waals surface area contributed by atoms with Gasteiger partial charge in [-0.15, -0.1) is 0 Å². The van der Waals surface area contributed by atoms with Crippen LogP contribution in [0.25, 0.3) is 6.08 Å². The van der Waals surface area contributed by atoms with Gasteiger partial charge in [-0.25, -0.2) is 4.98 Å². The average Bonchev–Trinajstić information content (AvgIpc) is 2.86. The van der Waals surface area contributed by atoms with Crippen LogP contribution in [0.1, 0.15) is 15.9 Å². The molecular weight excluding hydrogens is 424 g/mol. The summed E-state index contributed by atoms with van der Waals surface area (Å²) in [5.74, 6) is 2.81. The second-order valence-electron chi connectivity index (χ2n) is 6.75. The van der Waals surface area contributed by atoms with E-state index < -0.39 is 0 Å². The van der Waals surface area contributed by atoms with Crippen molar-refractivity contribution in [1.82, 2.24) is 4.98 Å². The lowest BCUT2D eigenvalue weighted by molar-refractivity contribution is 0.104. The molecule has 0 aliphatic heterocycles. The number of ether oxygens (including phenoxy) is 5. The number of carbonyl (C=O) groups is 1. The van der Waals surface area contributed by atoms with E-state index in [1.54, 1.807) is 50.8 Å². The number of rotatable bonds is 10. The number of allylic oxidation sites excluding steroid dienone is 1. The number of hydrogen-bond acceptors (Lipinski definition) is 8. The zero-order valence-electron chi connectivity index (χ0n) is 19.2. The van der Waals surface area contributed by atoms with Gasteiger partial charge in [-0.3, -0.25) is 4.79 Å². The standard InChI is InChI=1S/C25H26N2O6/c1-29-20-11-9-18(15-21(20)30-2)27-25-16(7-6-12-26-25)8-10-19(28)17-13-22(31-3)24(33-5)23(14-17)32-4/h6-15H,1-5H3,(H,26,27)/b10-8+. The first kappa shape index (κ1) is 23.5. The lowest BCUT2D eigenvalue weighted by Gasteiger charge is -2.13. The van der Waals surface area contributed by atoms with Crippen LogP contribution in [0.4, 0.5) is 11.5 Å². The van der Waals surface area contributed by atoms with Gasteiger partial charge in [0, 0.05) is 29.1 Å². The zero-order valence-corrected chi connectivity index (χ0v) is 19.2. The summed E-state index contributed by atoms with van der Waals surface area (Å²) in [6.07, 6.45) is 4.83. The highest BCUT2D eigenvalue weighted by atomic mass is 16.5. The Kier molecular flexibility index (Phi) is 7.75. The van der Waals surface area contributed by atoms with E-state index in [1.165, 1.54) is 27.4 Å². The van der Waals surface area contributed by atoms with E-state index in [0.29, 0.717) is 40.1 Å². The van der Waals surface area contributed by atoms with Crippen LogP contribution < -0.4 is 29.0 Å². The quantitative estimate of drug-likeness (QED) is 0.349.